The van der Waals surface area contributed by atoms with Crippen LogP contribution in [0.4, 0.5) is 0 Å². The molecule has 3 nitrogen and oxygen atoms in total. The minimum Gasteiger partial charge on any atom is -0.507 e. The number of phenolic OH excluding ortho intramolecular Hbond substituents is 1. The number of nitrogens with zero attached hydrogens (tertiary/aromatic N) is 2. The smallest absolute Gasteiger partial charge is 0.133 e. The first-order valence-electron chi connectivity index (χ1n) is 14.4. The minimum absolute atomic E-state index is 0.425. The molecule has 0 bridgehead atoms. The lowest BCUT2D eigenvalue weighted by molar-refractivity contribution is 0.243. The normalized spacial score (nSPS) is 11.4. The van der Waals surface area contributed by atoms with E-state index in [9.17, 15) is 5.11 Å². The monoisotopic (exact) mass is 718 g/mol. The maximum absolute atomic E-state index is 10.6. The highest BCUT2D eigenvalue weighted by molar-refractivity contribution is 14.1. The molecule has 0 radical (unpaired) electrons. The molecule has 0 aliphatic heterocycles. The summed E-state index contributed by atoms with van der Waals surface area (Å²) < 4.78 is 2.10. The van der Waals surface area contributed by atoms with Gasteiger partial charge in [-0.05, 0) is 82.4 Å². The summed E-state index contributed by atoms with van der Waals surface area (Å²) in [6, 6.07) is 10.3. The van der Waals surface area contributed by atoms with Crippen molar-refractivity contribution < 1.29 is 5.11 Å². The van der Waals surface area contributed by atoms with Gasteiger partial charge in [0.2, 0.25) is 0 Å². The zero-order valence-corrected chi connectivity index (χ0v) is 26.8. The van der Waals surface area contributed by atoms with E-state index in [-0.39, 0.29) is 0 Å². The van der Waals surface area contributed by atoms with Crippen LogP contribution in [0, 0.1) is 7.14 Å². The quantitative estimate of drug-likeness (QED) is 0.103. The van der Waals surface area contributed by atoms with Crippen LogP contribution in [0.2, 0.25) is 0 Å². The number of phenols is 1. The minimum atomic E-state index is 0.425. The lowest BCUT2D eigenvalue weighted by atomic mass is 10.0. The van der Waals surface area contributed by atoms with Crippen molar-refractivity contribution in [3.05, 3.63) is 54.9 Å². The molecule has 0 aliphatic carbocycles. The first-order chi connectivity index (χ1) is 17.6. The van der Waals surface area contributed by atoms with Crippen LogP contribution in [-0.2, 0) is 13.1 Å². The number of aromatic hydroxyl groups is 1. The van der Waals surface area contributed by atoms with E-state index in [4.69, 9.17) is 0 Å². The molecule has 1 N–H and O–H groups in total. The van der Waals surface area contributed by atoms with Crippen molar-refractivity contribution in [3.8, 4) is 5.75 Å². The maximum Gasteiger partial charge on any atom is 0.133 e. The first kappa shape index (κ1) is 31.8. The van der Waals surface area contributed by atoms with E-state index < -0.39 is 0 Å². The fraction of sp³-hybridized carbons (Fsp3) is 0.645. The first-order valence-corrected chi connectivity index (χ1v) is 16.5. The highest BCUT2D eigenvalue weighted by atomic mass is 127. The molecule has 1 aromatic carbocycles. The number of benzene rings is 1. The van der Waals surface area contributed by atoms with E-state index in [1.807, 2.05) is 18.3 Å². The molecule has 202 valence electrons. The van der Waals surface area contributed by atoms with Gasteiger partial charge in [-0.2, -0.15) is 0 Å². The molecule has 36 heavy (non-hydrogen) atoms. The number of halogens is 2. The van der Waals surface area contributed by atoms with E-state index in [2.05, 4.69) is 80.2 Å². The lowest BCUT2D eigenvalue weighted by Crippen LogP contribution is -2.24. The van der Waals surface area contributed by atoms with E-state index in [1.165, 1.54) is 106 Å². The third-order valence-corrected chi connectivity index (χ3v) is 8.39. The van der Waals surface area contributed by atoms with E-state index >= 15 is 0 Å². The fourth-order valence-corrected chi connectivity index (χ4v) is 6.76. The van der Waals surface area contributed by atoms with Gasteiger partial charge in [-0.25, -0.2) is 0 Å². The second-order valence-electron chi connectivity index (χ2n) is 10.2. The van der Waals surface area contributed by atoms with E-state index in [1.54, 1.807) is 0 Å². The summed E-state index contributed by atoms with van der Waals surface area (Å²) in [4.78, 5) is 6.97. The van der Waals surface area contributed by atoms with Gasteiger partial charge in [0.15, 0.2) is 0 Å². The number of pyridine rings is 1. The van der Waals surface area contributed by atoms with Crippen LogP contribution in [0.15, 0.2) is 36.5 Å². The van der Waals surface area contributed by atoms with E-state index in [0.717, 1.165) is 34.5 Å². The van der Waals surface area contributed by atoms with Gasteiger partial charge in [0.25, 0.3) is 0 Å². The summed E-state index contributed by atoms with van der Waals surface area (Å²) in [5.74, 6) is 0.425. The molecule has 0 aliphatic rings. The zero-order valence-electron chi connectivity index (χ0n) is 22.5. The van der Waals surface area contributed by atoms with Gasteiger partial charge in [0, 0.05) is 28.4 Å². The van der Waals surface area contributed by atoms with Gasteiger partial charge in [0.1, 0.15) is 5.75 Å². The van der Waals surface area contributed by atoms with Crippen molar-refractivity contribution in [2.75, 3.05) is 6.54 Å². The van der Waals surface area contributed by atoms with Crippen LogP contribution in [0.3, 0.4) is 0 Å². The third kappa shape index (κ3) is 14.5. The van der Waals surface area contributed by atoms with Gasteiger partial charge < -0.3 is 5.11 Å². The second-order valence-corrected chi connectivity index (χ2v) is 12.6. The molecule has 2 aromatic rings. The van der Waals surface area contributed by atoms with Gasteiger partial charge in [-0.3, -0.25) is 9.88 Å². The van der Waals surface area contributed by atoms with Crippen molar-refractivity contribution in [1.82, 2.24) is 9.88 Å². The lowest BCUT2D eigenvalue weighted by Gasteiger charge is -2.23. The molecule has 1 heterocycles. The van der Waals surface area contributed by atoms with Crippen LogP contribution in [0.5, 0.6) is 5.75 Å². The Morgan fingerprint density at radius 3 is 1.81 bits per heavy atom. The topological polar surface area (TPSA) is 36.4 Å². The molecule has 0 saturated carbocycles. The fourth-order valence-electron chi connectivity index (χ4n) is 4.80. The molecule has 0 atom stereocenters. The standard InChI is InChI=1S/C31H48I2N2O/c1-2-3-4-5-6-7-8-9-10-11-12-13-14-15-16-19-22-35(26-29-20-17-18-21-34-29)25-27-23-28(32)24-30(33)31(27)36/h17-18,20-21,23-24,36H,2-16,19,22,25-26H2,1H3. The maximum atomic E-state index is 10.6. The highest BCUT2D eigenvalue weighted by Gasteiger charge is 2.13. The summed E-state index contributed by atoms with van der Waals surface area (Å²) in [6.07, 6.45) is 24.1. The molecular formula is C31H48I2N2O. The summed E-state index contributed by atoms with van der Waals surface area (Å²) in [5, 5.41) is 10.6. The largest absolute Gasteiger partial charge is 0.507 e. The molecule has 0 fully saturated rings. The Labute approximate surface area is 248 Å². The number of hydrogen-bond acceptors (Lipinski definition) is 3. The molecule has 5 heteroatoms. The van der Waals surface area contributed by atoms with E-state index in [0.29, 0.717) is 5.75 Å². The number of rotatable bonds is 21. The zero-order chi connectivity index (χ0) is 25.8. The predicted molar refractivity (Wildman–Crippen MR) is 171 cm³/mol. The van der Waals surface area contributed by atoms with Crippen LogP contribution in [0.1, 0.15) is 121 Å². The molecule has 1 aromatic heterocycles. The SMILES string of the molecule is CCCCCCCCCCCCCCCCCCN(Cc1ccccn1)Cc1cc(I)cc(I)c1O. The van der Waals surface area contributed by atoms with Crippen molar-refractivity contribution in [2.45, 2.75) is 123 Å². The molecule has 2 rings (SSSR count). The third-order valence-electron chi connectivity index (χ3n) is 6.94. The van der Waals surface area contributed by atoms with Crippen LogP contribution < -0.4 is 0 Å². The molecule has 0 amide bonds. The van der Waals surface area contributed by atoms with Gasteiger partial charge >= 0.3 is 0 Å². The van der Waals surface area contributed by atoms with Gasteiger partial charge in [-0.15, -0.1) is 0 Å². The summed E-state index contributed by atoms with van der Waals surface area (Å²) in [5.41, 5.74) is 2.10. The Kier molecular flexibility index (Phi) is 18.1. The van der Waals surface area contributed by atoms with Crippen molar-refractivity contribution in [1.29, 1.82) is 0 Å². The van der Waals surface area contributed by atoms with Crippen LogP contribution in [0.25, 0.3) is 0 Å². The average molecular weight is 719 g/mol. The average Bonchev–Trinajstić information content (AvgIpc) is 2.87. The van der Waals surface area contributed by atoms with Crippen molar-refractivity contribution in [3.63, 3.8) is 0 Å². The molecule has 0 unspecified atom stereocenters. The van der Waals surface area contributed by atoms with Crippen molar-refractivity contribution >= 4 is 45.2 Å². The molecule has 0 saturated heterocycles. The number of hydrogen-bond donors (Lipinski definition) is 1. The Morgan fingerprint density at radius 2 is 1.28 bits per heavy atom. The summed E-state index contributed by atoms with van der Waals surface area (Å²) >= 11 is 4.56. The van der Waals surface area contributed by atoms with Crippen molar-refractivity contribution in [2.24, 2.45) is 0 Å². The Morgan fingerprint density at radius 1 is 0.722 bits per heavy atom. The Bertz CT molecular complexity index is 816. The summed E-state index contributed by atoms with van der Waals surface area (Å²) in [7, 11) is 0. The number of unbranched alkanes of at least 4 members (excludes halogenated alkanes) is 15. The summed E-state index contributed by atoms with van der Waals surface area (Å²) in [6.45, 7) is 4.91. The number of aromatic nitrogens is 1. The predicted octanol–water partition coefficient (Wildman–Crippen LogP) is 10.3. The van der Waals surface area contributed by atoms with Crippen LogP contribution in [-0.4, -0.2) is 21.5 Å². The van der Waals surface area contributed by atoms with Gasteiger partial charge in [0.05, 0.1) is 9.26 Å². The van der Waals surface area contributed by atoms with Gasteiger partial charge in [-0.1, -0.05) is 109 Å². The molecular weight excluding hydrogens is 670 g/mol. The second kappa shape index (κ2) is 20.5. The van der Waals surface area contributed by atoms with Crippen LogP contribution >= 0.6 is 45.2 Å². The Balaban J connectivity index is 1.59. The highest BCUT2D eigenvalue weighted by Crippen LogP contribution is 2.28. The molecule has 0 spiro atoms. The Hall–Kier alpha value is -0.410.